The Bertz CT molecular complexity index is 433. The van der Waals surface area contributed by atoms with E-state index in [9.17, 15) is 4.39 Å². The van der Waals surface area contributed by atoms with Gasteiger partial charge in [0.2, 0.25) is 0 Å². The lowest BCUT2D eigenvalue weighted by Crippen LogP contribution is -2.27. The van der Waals surface area contributed by atoms with E-state index in [1.807, 2.05) is 12.1 Å². The first kappa shape index (κ1) is 16.2. The fourth-order valence-electron chi connectivity index (χ4n) is 2.86. The molecule has 2 rings (SSSR count). The molecule has 0 radical (unpaired) electrons. The van der Waals surface area contributed by atoms with Crippen LogP contribution < -0.4 is 10.1 Å². The molecule has 118 valence electrons. The molecule has 3 nitrogen and oxygen atoms in total. The quantitative estimate of drug-likeness (QED) is 0.832. The van der Waals surface area contributed by atoms with Gasteiger partial charge in [-0.3, -0.25) is 0 Å². The summed E-state index contributed by atoms with van der Waals surface area (Å²) in [6.45, 7) is 4.84. The summed E-state index contributed by atoms with van der Waals surface area (Å²) in [7, 11) is 1.51. The molecule has 1 aliphatic rings. The number of hydrogen-bond acceptors (Lipinski definition) is 3. The molecule has 1 heterocycles. The Labute approximate surface area is 126 Å². The first-order chi connectivity index (χ1) is 10.2. The van der Waals surface area contributed by atoms with Crippen molar-refractivity contribution in [2.45, 2.75) is 38.6 Å². The molecule has 0 aliphatic carbocycles. The topological polar surface area (TPSA) is 30.5 Å². The van der Waals surface area contributed by atoms with E-state index in [2.05, 4.69) is 12.2 Å². The molecule has 1 unspecified atom stereocenters. The van der Waals surface area contributed by atoms with E-state index in [4.69, 9.17) is 9.47 Å². The van der Waals surface area contributed by atoms with Crippen molar-refractivity contribution in [2.75, 3.05) is 26.9 Å². The summed E-state index contributed by atoms with van der Waals surface area (Å²) in [5, 5.41) is 3.58. The van der Waals surface area contributed by atoms with Crippen LogP contribution in [-0.4, -0.2) is 26.9 Å². The molecule has 1 saturated heterocycles. The number of nitrogens with one attached hydrogen (secondary N) is 1. The van der Waals surface area contributed by atoms with Gasteiger partial charge in [0.1, 0.15) is 0 Å². The molecule has 21 heavy (non-hydrogen) atoms. The zero-order valence-corrected chi connectivity index (χ0v) is 13.0. The van der Waals surface area contributed by atoms with Crippen LogP contribution in [0.3, 0.4) is 0 Å². The average Bonchev–Trinajstić information content (AvgIpc) is 2.53. The van der Waals surface area contributed by atoms with Gasteiger partial charge in [0.25, 0.3) is 0 Å². The molecule has 0 spiro atoms. The number of methoxy groups -OCH3 is 1. The van der Waals surface area contributed by atoms with Crippen LogP contribution in [0.25, 0.3) is 0 Å². The number of ether oxygens (including phenoxy) is 2. The molecule has 0 saturated carbocycles. The normalized spacial score (nSPS) is 17.7. The summed E-state index contributed by atoms with van der Waals surface area (Å²) in [6.07, 6.45) is 4.38. The van der Waals surface area contributed by atoms with Gasteiger partial charge in [-0.15, -0.1) is 0 Å². The average molecular weight is 295 g/mol. The highest BCUT2D eigenvalue weighted by Crippen LogP contribution is 2.30. The maximum absolute atomic E-state index is 13.6. The predicted octanol–water partition coefficient (Wildman–Crippen LogP) is 3.69. The first-order valence-corrected chi connectivity index (χ1v) is 7.89. The highest BCUT2D eigenvalue weighted by atomic mass is 19.1. The maximum Gasteiger partial charge on any atom is 0.165 e. The summed E-state index contributed by atoms with van der Waals surface area (Å²) in [5.41, 5.74) is 1.10. The first-order valence-electron chi connectivity index (χ1n) is 7.89. The summed E-state index contributed by atoms with van der Waals surface area (Å²) in [4.78, 5) is 0. The van der Waals surface area contributed by atoms with Crippen LogP contribution in [-0.2, 0) is 4.74 Å². The zero-order valence-electron chi connectivity index (χ0n) is 13.0. The second-order valence-electron chi connectivity index (χ2n) is 5.69. The van der Waals surface area contributed by atoms with Crippen molar-refractivity contribution in [3.05, 3.63) is 29.6 Å². The monoisotopic (exact) mass is 295 g/mol. The minimum Gasteiger partial charge on any atom is -0.494 e. The molecule has 0 bridgehead atoms. The third kappa shape index (κ3) is 4.68. The minimum absolute atomic E-state index is 0.252. The maximum atomic E-state index is 13.6. The fourth-order valence-corrected chi connectivity index (χ4v) is 2.86. The molecule has 4 heteroatoms. The molecule has 1 N–H and O–H groups in total. The highest BCUT2D eigenvalue weighted by Gasteiger charge is 2.21. The number of rotatable bonds is 7. The predicted molar refractivity (Wildman–Crippen MR) is 82.1 cm³/mol. The molecule has 1 fully saturated rings. The number of hydrogen-bond donors (Lipinski definition) is 1. The van der Waals surface area contributed by atoms with Gasteiger partial charge in [0.05, 0.1) is 7.11 Å². The second-order valence-corrected chi connectivity index (χ2v) is 5.69. The Hall–Kier alpha value is -1.13. The summed E-state index contributed by atoms with van der Waals surface area (Å²) >= 11 is 0. The molecule has 0 amide bonds. The van der Waals surface area contributed by atoms with Crippen LogP contribution in [0.1, 0.15) is 44.2 Å². The van der Waals surface area contributed by atoms with Crippen molar-refractivity contribution in [3.63, 3.8) is 0 Å². The Morgan fingerprint density at radius 3 is 2.81 bits per heavy atom. The third-order valence-corrected chi connectivity index (χ3v) is 4.13. The Morgan fingerprint density at radius 2 is 2.14 bits per heavy atom. The Kier molecular flexibility index (Phi) is 6.46. The van der Waals surface area contributed by atoms with Crippen molar-refractivity contribution >= 4 is 0 Å². The SMILES string of the molecule is CCCNC(CC1CCOCC1)c1ccc(F)c(OC)c1. The molecule has 0 aromatic heterocycles. The summed E-state index contributed by atoms with van der Waals surface area (Å²) < 4.78 is 24.1. The van der Waals surface area contributed by atoms with E-state index in [0.29, 0.717) is 11.7 Å². The molecular formula is C17H26FNO2. The standard InChI is InChI=1S/C17H26FNO2/c1-3-8-19-16(11-13-6-9-21-10-7-13)14-4-5-15(18)17(12-14)20-2/h4-5,12-13,16,19H,3,6-11H2,1-2H3. The van der Waals surface area contributed by atoms with Crippen LogP contribution in [0.4, 0.5) is 4.39 Å². The molecule has 1 aromatic rings. The van der Waals surface area contributed by atoms with Gasteiger partial charge in [-0.1, -0.05) is 13.0 Å². The van der Waals surface area contributed by atoms with Gasteiger partial charge in [0, 0.05) is 19.3 Å². The van der Waals surface area contributed by atoms with Crippen LogP contribution in [0.15, 0.2) is 18.2 Å². The van der Waals surface area contributed by atoms with Gasteiger partial charge in [-0.2, -0.15) is 0 Å². The zero-order chi connectivity index (χ0) is 15.1. The van der Waals surface area contributed by atoms with Gasteiger partial charge in [-0.05, 0) is 55.8 Å². The minimum atomic E-state index is -0.304. The van der Waals surface area contributed by atoms with Gasteiger partial charge < -0.3 is 14.8 Å². The lowest BCUT2D eigenvalue weighted by atomic mass is 9.89. The van der Waals surface area contributed by atoms with E-state index in [0.717, 1.165) is 51.0 Å². The second kappa shape index (κ2) is 8.35. The Morgan fingerprint density at radius 1 is 1.38 bits per heavy atom. The van der Waals surface area contributed by atoms with E-state index in [1.165, 1.54) is 13.2 Å². The van der Waals surface area contributed by atoms with Crippen molar-refractivity contribution in [1.82, 2.24) is 5.32 Å². The summed E-state index contributed by atoms with van der Waals surface area (Å²) in [6, 6.07) is 5.44. The molecule has 1 aromatic carbocycles. The molecular weight excluding hydrogens is 269 g/mol. The lowest BCUT2D eigenvalue weighted by Gasteiger charge is -2.28. The lowest BCUT2D eigenvalue weighted by molar-refractivity contribution is 0.0605. The molecule has 1 atom stereocenters. The van der Waals surface area contributed by atoms with Crippen molar-refractivity contribution in [3.8, 4) is 5.75 Å². The summed E-state index contributed by atoms with van der Waals surface area (Å²) in [5.74, 6) is 0.688. The number of benzene rings is 1. The van der Waals surface area contributed by atoms with Gasteiger partial charge in [0.15, 0.2) is 11.6 Å². The fraction of sp³-hybridized carbons (Fsp3) is 0.647. The molecule has 1 aliphatic heterocycles. The van der Waals surface area contributed by atoms with Crippen LogP contribution in [0.2, 0.25) is 0 Å². The van der Waals surface area contributed by atoms with E-state index >= 15 is 0 Å². The van der Waals surface area contributed by atoms with Crippen LogP contribution in [0.5, 0.6) is 5.75 Å². The van der Waals surface area contributed by atoms with E-state index in [-0.39, 0.29) is 11.9 Å². The largest absolute Gasteiger partial charge is 0.494 e. The van der Waals surface area contributed by atoms with E-state index < -0.39 is 0 Å². The van der Waals surface area contributed by atoms with Crippen LogP contribution >= 0.6 is 0 Å². The Balaban J connectivity index is 2.10. The van der Waals surface area contributed by atoms with Crippen LogP contribution in [0, 0.1) is 11.7 Å². The third-order valence-electron chi connectivity index (χ3n) is 4.13. The van der Waals surface area contributed by atoms with Crippen molar-refractivity contribution < 1.29 is 13.9 Å². The van der Waals surface area contributed by atoms with Gasteiger partial charge >= 0.3 is 0 Å². The van der Waals surface area contributed by atoms with E-state index in [1.54, 1.807) is 0 Å². The highest BCUT2D eigenvalue weighted by molar-refractivity contribution is 5.32. The smallest absolute Gasteiger partial charge is 0.165 e. The number of halogens is 1. The van der Waals surface area contributed by atoms with Crippen molar-refractivity contribution in [2.24, 2.45) is 5.92 Å². The van der Waals surface area contributed by atoms with Crippen molar-refractivity contribution in [1.29, 1.82) is 0 Å². The van der Waals surface area contributed by atoms with Gasteiger partial charge in [-0.25, -0.2) is 4.39 Å².